The molecule has 406 valence electrons. The normalized spacial score (nSPS) is 20.7. The van der Waals surface area contributed by atoms with Crippen LogP contribution in [-0.2, 0) is 36.8 Å². The van der Waals surface area contributed by atoms with E-state index in [1.165, 1.54) is 7.11 Å². The van der Waals surface area contributed by atoms with E-state index in [2.05, 4.69) is 43.1 Å². The number of aliphatic imine (C=N–C) groups is 2. The molecule has 2 spiro atoms. The van der Waals surface area contributed by atoms with Crippen molar-refractivity contribution in [2.75, 3.05) is 33.3 Å². The van der Waals surface area contributed by atoms with Crippen molar-refractivity contribution < 1.29 is 73.6 Å². The molecule has 0 saturated heterocycles. The minimum absolute atomic E-state index is 0. The van der Waals surface area contributed by atoms with Gasteiger partial charge in [-0.1, -0.05) is 99.4 Å². The van der Waals surface area contributed by atoms with E-state index in [1.54, 1.807) is 42.5 Å². The molecule has 4 N–H and O–H groups in total. The van der Waals surface area contributed by atoms with Crippen molar-refractivity contribution in [3.05, 3.63) is 140 Å². The zero-order chi connectivity index (χ0) is 53.9. The van der Waals surface area contributed by atoms with Gasteiger partial charge in [0, 0.05) is 58.5 Å². The van der Waals surface area contributed by atoms with E-state index in [1.807, 2.05) is 64.4 Å². The minimum Gasteiger partial charge on any atom is -0.870 e. The zero-order valence-electron chi connectivity index (χ0n) is 45.2. The molecule has 8 rings (SSSR count). The van der Waals surface area contributed by atoms with E-state index >= 15 is 0 Å². The summed E-state index contributed by atoms with van der Waals surface area (Å²) in [4.78, 5) is 88.0. The second-order valence-electron chi connectivity index (χ2n) is 20.9. The quantitative estimate of drug-likeness (QED) is 0.0701. The van der Waals surface area contributed by atoms with E-state index < -0.39 is 17.3 Å². The molecular formula is C59H71Cl2N6NaO9. The van der Waals surface area contributed by atoms with Gasteiger partial charge in [0.15, 0.2) is 0 Å². The molecule has 2 heterocycles. The number of benzene rings is 4. The fourth-order valence-electron chi connectivity index (χ4n) is 10.8. The first-order valence-electron chi connectivity index (χ1n) is 26.3. The van der Waals surface area contributed by atoms with Gasteiger partial charge in [-0.15, -0.1) is 0 Å². The zero-order valence-corrected chi connectivity index (χ0v) is 48.7. The standard InChI is InChI=1S/C30H36ClN3O4.C29H34ClN3O4.Na.H2O/c1-20(2)22-11-15-30(16-12-22)33-27(24-5-4-6-25(31)19-24)29(37)34(30)18-14-21-7-9-23(10-8-21)28(36)32-17-13-26(35)38-3;1-19(2)21-10-14-29(15-11-21)32-26(23-4-3-5-24(30)18-23)28(37)33(29)17-13-20-6-8-22(9-7-20)27(36)31-16-12-25(34)35;;/h4-10,19-20,22H,11-18H2,1-3H3,(H,32,36);3-9,18-19,21H,10-17H2,1-2H3,(H,31,36)(H,34,35);;1H2/q;;+1;/p-1. The summed E-state index contributed by atoms with van der Waals surface area (Å²) in [6, 6.07) is 29.3. The van der Waals surface area contributed by atoms with Crippen LogP contribution in [0.4, 0.5) is 0 Å². The number of carboxylic acid groups (broad SMARTS) is 1. The summed E-state index contributed by atoms with van der Waals surface area (Å²) in [7, 11) is 1.32. The number of aliphatic carboxylic acids is 1. The molecule has 4 amide bonds. The van der Waals surface area contributed by atoms with Crippen molar-refractivity contribution in [2.45, 2.75) is 116 Å². The van der Waals surface area contributed by atoms with Crippen LogP contribution in [0.15, 0.2) is 107 Å². The largest absolute Gasteiger partial charge is 1.00 e. The molecule has 2 aliphatic heterocycles. The Hall–Kier alpha value is -5.42. The summed E-state index contributed by atoms with van der Waals surface area (Å²) < 4.78 is 4.59. The van der Waals surface area contributed by atoms with Gasteiger partial charge in [-0.2, -0.15) is 0 Å². The molecule has 4 aromatic rings. The monoisotopic (exact) mass is 1100 g/mol. The SMILES string of the molecule is CC(C)C1CCC2(CC1)N=C(c1cccc(Cl)c1)C(=O)N2CCc1ccc(C(=O)NCCC(=O)O)cc1.COC(=O)CCNC(=O)c1ccc(CCN2C(=O)C(c3cccc(Cl)c3)=NC23CCC(C(C)C)CC3)cc1.[Na+].[OH-]. The first kappa shape index (κ1) is 62.4. The Kier molecular flexibility index (Phi) is 23.1. The Labute approximate surface area is 484 Å². The van der Waals surface area contributed by atoms with Crippen LogP contribution in [0, 0.1) is 23.7 Å². The van der Waals surface area contributed by atoms with Crippen LogP contribution in [0.5, 0.6) is 0 Å². The van der Waals surface area contributed by atoms with Crippen LogP contribution in [0.2, 0.25) is 10.0 Å². The van der Waals surface area contributed by atoms with Gasteiger partial charge >= 0.3 is 41.5 Å². The van der Waals surface area contributed by atoms with Gasteiger partial charge in [0.25, 0.3) is 23.6 Å². The molecule has 4 aliphatic rings. The summed E-state index contributed by atoms with van der Waals surface area (Å²) in [6.45, 7) is 10.4. The number of halogens is 2. The number of amides is 4. The van der Waals surface area contributed by atoms with E-state index in [4.69, 9.17) is 38.3 Å². The molecule has 77 heavy (non-hydrogen) atoms. The van der Waals surface area contributed by atoms with E-state index in [0.29, 0.717) is 82.2 Å². The predicted octanol–water partition coefficient (Wildman–Crippen LogP) is 6.84. The van der Waals surface area contributed by atoms with Gasteiger partial charge in [-0.25, -0.2) is 0 Å². The van der Waals surface area contributed by atoms with Crippen molar-refractivity contribution in [3.63, 3.8) is 0 Å². The predicted molar refractivity (Wildman–Crippen MR) is 294 cm³/mol. The Morgan fingerprint density at radius 1 is 0.636 bits per heavy atom. The van der Waals surface area contributed by atoms with Gasteiger partial charge in [0.05, 0.1) is 20.0 Å². The number of methoxy groups -OCH3 is 1. The molecule has 2 saturated carbocycles. The van der Waals surface area contributed by atoms with Crippen molar-refractivity contribution in [2.24, 2.45) is 33.7 Å². The number of hydrogen-bond donors (Lipinski definition) is 3. The molecule has 0 unspecified atom stereocenters. The summed E-state index contributed by atoms with van der Waals surface area (Å²) in [5.74, 6) is 0.552. The molecule has 15 nitrogen and oxygen atoms in total. The number of esters is 1. The first-order valence-corrected chi connectivity index (χ1v) is 27.0. The molecule has 0 radical (unpaired) electrons. The number of carbonyl (C=O) groups excluding carboxylic acids is 5. The third-order valence-electron chi connectivity index (χ3n) is 15.4. The number of nitrogens with one attached hydrogen (secondary N) is 2. The smallest absolute Gasteiger partial charge is 0.870 e. The van der Waals surface area contributed by atoms with Crippen LogP contribution in [0.25, 0.3) is 0 Å². The fraction of sp³-hybridized carbons (Fsp3) is 0.458. The van der Waals surface area contributed by atoms with Crippen LogP contribution in [0.1, 0.15) is 135 Å². The van der Waals surface area contributed by atoms with Gasteiger partial charge in [0.2, 0.25) is 0 Å². The van der Waals surface area contributed by atoms with Crippen molar-refractivity contribution >= 4 is 70.2 Å². The maximum Gasteiger partial charge on any atom is 1.00 e. The molecule has 0 atom stereocenters. The van der Waals surface area contributed by atoms with E-state index in [0.717, 1.165) is 73.6 Å². The molecular weight excluding hydrogens is 1030 g/mol. The Morgan fingerprint density at radius 2 is 1.01 bits per heavy atom. The third-order valence-corrected chi connectivity index (χ3v) is 15.9. The Bertz CT molecular complexity index is 2770. The fourth-order valence-corrected chi connectivity index (χ4v) is 11.2. The number of ether oxygens (including phenoxy) is 1. The van der Waals surface area contributed by atoms with Gasteiger partial charge in [-0.05, 0) is 148 Å². The molecule has 4 aromatic carbocycles. The second kappa shape index (κ2) is 28.5. The van der Waals surface area contributed by atoms with E-state index in [9.17, 15) is 28.8 Å². The van der Waals surface area contributed by atoms with Crippen LogP contribution < -0.4 is 40.2 Å². The first-order chi connectivity index (χ1) is 35.9. The number of hydrogen-bond acceptors (Lipinski definition) is 10. The topological polar surface area (TPSA) is 217 Å². The molecule has 0 bridgehead atoms. The maximum absolute atomic E-state index is 13.7. The summed E-state index contributed by atoms with van der Waals surface area (Å²) in [5.41, 5.74) is 4.49. The molecule has 0 aromatic heterocycles. The number of carbonyl (C=O) groups is 6. The second-order valence-corrected chi connectivity index (χ2v) is 21.7. The average molecular weight is 1100 g/mol. The van der Waals surface area contributed by atoms with Crippen molar-refractivity contribution in [3.8, 4) is 0 Å². The molecule has 2 fully saturated rings. The van der Waals surface area contributed by atoms with Gasteiger partial charge in [-0.3, -0.25) is 38.8 Å². The van der Waals surface area contributed by atoms with Crippen molar-refractivity contribution in [1.29, 1.82) is 0 Å². The van der Waals surface area contributed by atoms with Crippen molar-refractivity contribution in [1.82, 2.24) is 20.4 Å². The average Bonchev–Trinajstić information content (AvgIpc) is 3.84. The minimum atomic E-state index is -0.954. The van der Waals surface area contributed by atoms with Crippen LogP contribution in [0.3, 0.4) is 0 Å². The van der Waals surface area contributed by atoms with Gasteiger partial charge in [0.1, 0.15) is 22.7 Å². The third kappa shape index (κ3) is 15.9. The Morgan fingerprint density at radius 3 is 1.35 bits per heavy atom. The molecule has 18 heteroatoms. The molecule has 2 aliphatic carbocycles. The number of nitrogens with zero attached hydrogens (tertiary/aromatic N) is 4. The summed E-state index contributed by atoms with van der Waals surface area (Å²) >= 11 is 12.5. The number of carboxylic acids is 1. The van der Waals surface area contributed by atoms with E-state index in [-0.39, 0.29) is 90.6 Å². The maximum atomic E-state index is 13.7. The summed E-state index contributed by atoms with van der Waals surface area (Å²) in [6.07, 6.45) is 8.90. The number of rotatable bonds is 18. The van der Waals surface area contributed by atoms with Crippen LogP contribution in [-0.4, -0.2) is 112 Å². The van der Waals surface area contributed by atoms with Gasteiger partial charge < -0.3 is 35.8 Å². The van der Waals surface area contributed by atoms with Crippen LogP contribution >= 0.6 is 23.2 Å². The summed E-state index contributed by atoms with van der Waals surface area (Å²) in [5, 5.41) is 15.2. The Balaban J connectivity index is 0.000000277.